The van der Waals surface area contributed by atoms with E-state index < -0.39 is 0 Å². The minimum absolute atomic E-state index is 0. The Morgan fingerprint density at radius 1 is 1.39 bits per heavy atom. The van der Waals surface area contributed by atoms with E-state index >= 15 is 0 Å². The van der Waals surface area contributed by atoms with E-state index in [1.54, 1.807) is 17.5 Å². The summed E-state index contributed by atoms with van der Waals surface area (Å²) in [6.07, 6.45) is 6.35. The second-order valence-electron chi connectivity index (χ2n) is 7.41. The number of nitrogens with one attached hydrogen (secondary N) is 2. The topological polar surface area (TPSA) is 109 Å². The summed E-state index contributed by atoms with van der Waals surface area (Å²) < 4.78 is 0. The monoisotopic (exact) mass is 557 g/mol. The predicted molar refractivity (Wildman–Crippen MR) is 137 cm³/mol. The van der Waals surface area contributed by atoms with Crippen LogP contribution < -0.4 is 21.3 Å². The summed E-state index contributed by atoms with van der Waals surface area (Å²) in [5, 5.41) is 7.80. The van der Waals surface area contributed by atoms with Gasteiger partial charge in [0.1, 0.15) is 5.82 Å². The van der Waals surface area contributed by atoms with E-state index in [1.165, 1.54) is 4.88 Å². The highest BCUT2D eigenvalue weighted by atomic mass is 127. The van der Waals surface area contributed by atoms with Crippen molar-refractivity contribution in [2.45, 2.75) is 39.7 Å². The maximum absolute atomic E-state index is 11.6. The SMILES string of the molecule is CCNC(=NCc1cccnc1N1CCCC(C(N)=O)C1)NCCc1ncc(C)s1.I. The Bertz CT molecular complexity index is 873. The van der Waals surface area contributed by atoms with Crippen molar-refractivity contribution in [3.63, 3.8) is 0 Å². The van der Waals surface area contributed by atoms with E-state index in [0.717, 1.165) is 61.2 Å². The molecule has 4 N–H and O–H groups in total. The second kappa shape index (κ2) is 12.8. The number of anilines is 1. The molecule has 1 fully saturated rings. The smallest absolute Gasteiger partial charge is 0.222 e. The summed E-state index contributed by atoms with van der Waals surface area (Å²) in [6, 6.07) is 3.97. The van der Waals surface area contributed by atoms with E-state index in [0.29, 0.717) is 13.1 Å². The standard InChI is InChI=1S/C21H31N7OS.HI/c1-3-23-21(25-10-8-18-26-12-15(2)30-18)27-13-16-6-4-9-24-20(16)28-11-5-7-17(14-28)19(22)29;/h4,6,9,12,17H,3,5,7-8,10-11,13-14H2,1-2H3,(H2,22,29)(H2,23,25,27);1H. The molecular weight excluding hydrogens is 525 g/mol. The minimum atomic E-state index is -0.232. The molecule has 2 aromatic heterocycles. The van der Waals surface area contributed by atoms with Gasteiger partial charge in [-0.2, -0.15) is 0 Å². The van der Waals surface area contributed by atoms with E-state index in [1.807, 2.05) is 18.3 Å². The highest BCUT2D eigenvalue weighted by Gasteiger charge is 2.25. The highest BCUT2D eigenvalue weighted by Crippen LogP contribution is 2.25. The third kappa shape index (κ3) is 7.60. The van der Waals surface area contributed by atoms with Crippen LogP contribution in [0.3, 0.4) is 0 Å². The number of rotatable bonds is 8. The van der Waals surface area contributed by atoms with Crippen LogP contribution in [0, 0.1) is 12.8 Å². The summed E-state index contributed by atoms with van der Waals surface area (Å²) >= 11 is 1.72. The third-order valence-electron chi connectivity index (χ3n) is 5.04. The van der Waals surface area contributed by atoms with Gasteiger partial charge in [-0.3, -0.25) is 4.79 Å². The quantitative estimate of drug-likeness (QED) is 0.262. The summed E-state index contributed by atoms with van der Waals surface area (Å²) in [4.78, 5) is 28.8. The number of carbonyl (C=O) groups is 1. The molecule has 1 saturated heterocycles. The molecule has 3 heterocycles. The van der Waals surface area contributed by atoms with Crippen LogP contribution in [0.5, 0.6) is 0 Å². The first kappa shape index (κ1) is 25.3. The second-order valence-corrected chi connectivity index (χ2v) is 8.73. The lowest BCUT2D eigenvalue weighted by atomic mass is 9.97. The van der Waals surface area contributed by atoms with Crippen molar-refractivity contribution in [1.29, 1.82) is 0 Å². The number of nitrogens with zero attached hydrogens (tertiary/aromatic N) is 4. The first-order valence-corrected chi connectivity index (χ1v) is 11.3. The Morgan fingerprint density at radius 3 is 2.94 bits per heavy atom. The molecule has 0 radical (unpaired) electrons. The van der Waals surface area contributed by atoms with Crippen molar-refractivity contribution in [2.24, 2.45) is 16.6 Å². The van der Waals surface area contributed by atoms with Gasteiger partial charge in [0.2, 0.25) is 5.91 Å². The van der Waals surface area contributed by atoms with E-state index in [2.05, 4.69) is 39.3 Å². The van der Waals surface area contributed by atoms with Gasteiger partial charge in [0.05, 0.1) is 17.5 Å². The molecule has 1 unspecified atom stereocenters. The van der Waals surface area contributed by atoms with Gasteiger partial charge < -0.3 is 21.3 Å². The van der Waals surface area contributed by atoms with Gasteiger partial charge in [0, 0.05) is 55.4 Å². The third-order valence-corrected chi connectivity index (χ3v) is 6.02. The van der Waals surface area contributed by atoms with Gasteiger partial charge >= 0.3 is 0 Å². The molecule has 0 saturated carbocycles. The summed E-state index contributed by atoms with van der Waals surface area (Å²) in [7, 11) is 0. The largest absolute Gasteiger partial charge is 0.369 e. The molecule has 0 aliphatic carbocycles. The predicted octanol–water partition coefficient (Wildman–Crippen LogP) is 2.46. The molecule has 2 aromatic rings. The Labute approximate surface area is 205 Å². The van der Waals surface area contributed by atoms with Gasteiger partial charge in [0.25, 0.3) is 0 Å². The minimum Gasteiger partial charge on any atom is -0.369 e. The van der Waals surface area contributed by atoms with Crippen LogP contribution in [-0.2, 0) is 17.8 Å². The molecule has 1 atom stereocenters. The normalized spacial score (nSPS) is 16.5. The number of thiazole rings is 1. The van der Waals surface area contributed by atoms with E-state index in [9.17, 15) is 4.79 Å². The molecule has 0 aromatic carbocycles. The maximum Gasteiger partial charge on any atom is 0.222 e. The molecule has 31 heavy (non-hydrogen) atoms. The molecular formula is C21H32IN7OS. The fourth-order valence-electron chi connectivity index (χ4n) is 3.55. The number of aryl methyl sites for hydroxylation is 1. The van der Waals surface area contributed by atoms with Crippen molar-refractivity contribution in [2.75, 3.05) is 31.1 Å². The number of aliphatic imine (C=N–C) groups is 1. The fraction of sp³-hybridized carbons (Fsp3) is 0.524. The van der Waals surface area contributed by atoms with Gasteiger partial charge in [-0.05, 0) is 32.8 Å². The molecule has 1 aliphatic heterocycles. The Kier molecular flexibility index (Phi) is 10.4. The number of amides is 1. The number of hydrogen-bond donors (Lipinski definition) is 3. The Hall–Kier alpha value is -1.95. The van der Waals surface area contributed by atoms with Crippen LogP contribution in [-0.4, -0.2) is 48.0 Å². The number of guanidine groups is 1. The summed E-state index contributed by atoms with van der Waals surface area (Å²) in [5.41, 5.74) is 6.58. The molecule has 3 rings (SSSR count). The molecule has 0 spiro atoms. The van der Waals surface area contributed by atoms with Crippen LogP contribution in [0.25, 0.3) is 0 Å². The zero-order valence-electron chi connectivity index (χ0n) is 18.1. The molecule has 1 amide bonds. The molecule has 8 nitrogen and oxygen atoms in total. The van der Waals surface area contributed by atoms with E-state index in [4.69, 9.17) is 10.7 Å². The van der Waals surface area contributed by atoms with E-state index in [-0.39, 0.29) is 35.8 Å². The van der Waals surface area contributed by atoms with Crippen LogP contribution in [0.15, 0.2) is 29.5 Å². The first-order chi connectivity index (χ1) is 14.6. The Morgan fingerprint density at radius 2 is 2.23 bits per heavy atom. The zero-order valence-corrected chi connectivity index (χ0v) is 21.3. The van der Waals surface area contributed by atoms with Gasteiger partial charge in [-0.1, -0.05) is 6.07 Å². The van der Waals surface area contributed by atoms with Crippen molar-refractivity contribution >= 4 is 53.0 Å². The zero-order chi connectivity index (χ0) is 21.3. The first-order valence-electron chi connectivity index (χ1n) is 10.5. The van der Waals surface area contributed by atoms with Crippen molar-refractivity contribution < 1.29 is 4.79 Å². The van der Waals surface area contributed by atoms with Crippen LogP contribution in [0.4, 0.5) is 5.82 Å². The summed E-state index contributed by atoms with van der Waals surface area (Å²) in [6.45, 7) is 7.68. The van der Waals surface area contributed by atoms with Gasteiger partial charge in [-0.25, -0.2) is 15.0 Å². The fourth-order valence-corrected chi connectivity index (χ4v) is 4.34. The maximum atomic E-state index is 11.6. The number of halogens is 1. The summed E-state index contributed by atoms with van der Waals surface area (Å²) in [5.74, 6) is 1.31. The average Bonchev–Trinajstić information content (AvgIpc) is 3.17. The lowest BCUT2D eigenvalue weighted by Crippen LogP contribution is -2.42. The number of piperidine rings is 1. The van der Waals surface area contributed by atoms with Crippen LogP contribution in [0.2, 0.25) is 0 Å². The van der Waals surface area contributed by atoms with Gasteiger partial charge in [-0.15, -0.1) is 35.3 Å². The molecule has 0 bridgehead atoms. The van der Waals surface area contributed by atoms with Crippen molar-refractivity contribution in [1.82, 2.24) is 20.6 Å². The number of aromatic nitrogens is 2. The average molecular weight is 558 g/mol. The Balaban J connectivity index is 0.00000341. The number of carbonyl (C=O) groups excluding carboxylic acids is 1. The van der Waals surface area contributed by atoms with Crippen LogP contribution in [0.1, 0.15) is 35.2 Å². The van der Waals surface area contributed by atoms with Gasteiger partial charge in [0.15, 0.2) is 5.96 Å². The van der Waals surface area contributed by atoms with Crippen LogP contribution >= 0.6 is 35.3 Å². The highest BCUT2D eigenvalue weighted by molar-refractivity contribution is 14.0. The lowest BCUT2D eigenvalue weighted by Gasteiger charge is -2.33. The molecule has 10 heteroatoms. The lowest BCUT2D eigenvalue weighted by molar-refractivity contribution is -0.122. The number of hydrogen-bond acceptors (Lipinski definition) is 6. The number of pyridine rings is 1. The number of primary amides is 1. The molecule has 1 aliphatic rings. The van der Waals surface area contributed by atoms with Crippen molar-refractivity contribution in [3.8, 4) is 0 Å². The van der Waals surface area contributed by atoms with Crippen molar-refractivity contribution in [3.05, 3.63) is 40.0 Å². The number of nitrogens with two attached hydrogens (primary N) is 1. The molecule has 170 valence electrons.